The maximum atomic E-state index is 15.1. The van der Waals surface area contributed by atoms with E-state index in [0.717, 1.165) is 32.2 Å². The van der Waals surface area contributed by atoms with E-state index in [-0.39, 0.29) is 41.4 Å². The van der Waals surface area contributed by atoms with E-state index in [0.29, 0.717) is 29.9 Å². The van der Waals surface area contributed by atoms with Crippen LogP contribution >= 0.6 is 36.4 Å². The molecule has 1 aliphatic carbocycles. The van der Waals surface area contributed by atoms with Crippen LogP contribution in [0.4, 0.5) is 4.39 Å². The van der Waals surface area contributed by atoms with Gasteiger partial charge in [0.2, 0.25) is 0 Å². The van der Waals surface area contributed by atoms with E-state index in [1.165, 1.54) is 0 Å². The zero-order chi connectivity index (χ0) is 18.5. The van der Waals surface area contributed by atoms with Gasteiger partial charge in [-0.3, -0.25) is 4.90 Å². The van der Waals surface area contributed by atoms with Crippen molar-refractivity contribution in [2.24, 2.45) is 5.73 Å². The monoisotopic (exact) mass is 448 g/mol. The fourth-order valence-corrected chi connectivity index (χ4v) is 3.76. The molecule has 0 aliphatic heterocycles. The molecule has 0 bridgehead atoms. The first-order chi connectivity index (χ1) is 12.6. The molecule has 3 rings (SSSR count). The first-order valence-corrected chi connectivity index (χ1v) is 9.65. The lowest BCUT2D eigenvalue weighted by Gasteiger charge is -2.35. The number of nitrogens with zero attached hydrogens (tertiary/aromatic N) is 1. The lowest BCUT2D eigenvalue weighted by Crippen LogP contribution is -2.40. The highest BCUT2D eigenvalue weighted by molar-refractivity contribution is 6.32. The molecular formula is C21H28Cl3FN2O. The zero-order valence-corrected chi connectivity index (χ0v) is 18.3. The van der Waals surface area contributed by atoms with Gasteiger partial charge in [0.25, 0.3) is 0 Å². The van der Waals surface area contributed by atoms with Crippen LogP contribution < -0.4 is 10.5 Å². The molecule has 0 unspecified atom stereocenters. The largest absolute Gasteiger partial charge is 0.453 e. The van der Waals surface area contributed by atoms with Crippen LogP contribution in [0.2, 0.25) is 5.02 Å². The summed E-state index contributed by atoms with van der Waals surface area (Å²) in [5, 5.41) is 0.279. The molecule has 0 amide bonds. The van der Waals surface area contributed by atoms with Crippen LogP contribution in [0, 0.1) is 5.82 Å². The summed E-state index contributed by atoms with van der Waals surface area (Å²) in [6, 6.07) is 13.4. The minimum absolute atomic E-state index is 0. The summed E-state index contributed by atoms with van der Waals surface area (Å²) in [5.41, 5.74) is 6.62. The van der Waals surface area contributed by atoms with Crippen molar-refractivity contribution in [1.82, 2.24) is 4.90 Å². The Morgan fingerprint density at radius 3 is 2.32 bits per heavy atom. The van der Waals surface area contributed by atoms with Gasteiger partial charge in [0.05, 0.1) is 5.02 Å². The van der Waals surface area contributed by atoms with Crippen LogP contribution in [0.15, 0.2) is 42.5 Å². The second-order valence-corrected chi connectivity index (χ2v) is 7.30. The first kappa shape index (κ1) is 25.0. The molecule has 3 nitrogen and oxygen atoms in total. The van der Waals surface area contributed by atoms with Gasteiger partial charge >= 0.3 is 0 Å². The molecular weight excluding hydrogens is 422 g/mol. The zero-order valence-electron chi connectivity index (χ0n) is 15.9. The molecule has 0 atom stereocenters. The fraction of sp³-hybridized carbons (Fsp3) is 0.429. The molecule has 1 aliphatic rings. The van der Waals surface area contributed by atoms with Crippen LogP contribution in [0.5, 0.6) is 11.5 Å². The lowest BCUT2D eigenvalue weighted by molar-refractivity contribution is 0.147. The Morgan fingerprint density at radius 1 is 1.07 bits per heavy atom. The summed E-state index contributed by atoms with van der Waals surface area (Å²) in [5.74, 6) is 0.281. The smallest absolute Gasteiger partial charge is 0.181 e. The Morgan fingerprint density at radius 2 is 1.71 bits per heavy atom. The second kappa shape index (κ2) is 11.8. The van der Waals surface area contributed by atoms with Crippen LogP contribution in [-0.2, 0) is 6.54 Å². The SMILES string of the molecule is CCN(Cc1ccc(Cl)c(Oc2ccccc2)c1F)C1CCC(N)CC1.Cl.Cl. The fourth-order valence-electron chi connectivity index (χ4n) is 3.58. The van der Waals surface area contributed by atoms with Crippen molar-refractivity contribution in [1.29, 1.82) is 0 Å². The van der Waals surface area contributed by atoms with Gasteiger partial charge in [-0.1, -0.05) is 42.8 Å². The molecule has 1 saturated carbocycles. The number of ether oxygens (including phenoxy) is 1. The van der Waals surface area contributed by atoms with Crippen LogP contribution in [0.3, 0.4) is 0 Å². The van der Waals surface area contributed by atoms with E-state index in [9.17, 15) is 0 Å². The van der Waals surface area contributed by atoms with Gasteiger partial charge in [-0.15, -0.1) is 24.8 Å². The van der Waals surface area contributed by atoms with E-state index in [2.05, 4.69) is 11.8 Å². The van der Waals surface area contributed by atoms with Gasteiger partial charge in [-0.05, 0) is 50.4 Å². The summed E-state index contributed by atoms with van der Waals surface area (Å²) in [4.78, 5) is 2.32. The van der Waals surface area contributed by atoms with E-state index >= 15 is 4.39 Å². The highest BCUT2D eigenvalue weighted by Gasteiger charge is 2.25. The number of hydrogen-bond acceptors (Lipinski definition) is 3. The van der Waals surface area contributed by atoms with Crippen molar-refractivity contribution in [2.45, 2.75) is 51.2 Å². The second-order valence-electron chi connectivity index (χ2n) is 6.90. The van der Waals surface area contributed by atoms with Crippen LogP contribution in [-0.4, -0.2) is 23.5 Å². The minimum Gasteiger partial charge on any atom is -0.453 e. The summed E-state index contributed by atoms with van der Waals surface area (Å²) < 4.78 is 20.8. The molecule has 2 aromatic rings. The summed E-state index contributed by atoms with van der Waals surface area (Å²) >= 11 is 6.19. The number of rotatable bonds is 6. The van der Waals surface area contributed by atoms with Crippen molar-refractivity contribution in [3.63, 3.8) is 0 Å². The van der Waals surface area contributed by atoms with Gasteiger partial charge in [-0.2, -0.15) is 0 Å². The Hall–Kier alpha value is -1.04. The Kier molecular flexibility index (Phi) is 10.6. The molecule has 7 heteroatoms. The van der Waals surface area contributed by atoms with Gasteiger partial charge in [0.1, 0.15) is 5.75 Å². The van der Waals surface area contributed by atoms with E-state index < -0.39 is 0 Å². The molecule has 2 aromatic carbocycles. The molecule has 0 spiro atoms. The third-order valence-corrected chi connectivity index (χ3v) is 5.43. The predicted octanol–water partition coefficient (Wildman–Crippen LogP) is 6.21. The first-order valence-electron chi connectivity index (χ1n) is 9.28. The summed E-state index contributed by atoms with van der Waals surface area (Å²) in [7, 11) is 0. The normalized spacial score (nSPS) is 18.9. The van der Waals surface area contributed by atoms with Gasteiger partial charge < -0.3 is 10.5 Å². The van der Waals surface area contributed by atoms with E-state index in [4.69, 9.17) is 22.1 Å². The van der Waals surface area contributed by atoms with Crippen molar-refractivity contribution < 1.29 is 9.13 Å². The molecule has 28 heavy (non-hydrogen) atoms. The maximum Gasteiger partial charge on any atom is 0.181 e. The van der Waals surface area contributed by atoms with Gasteiger partial charge in [0, 0.05) is 24.2 Å². The Balaban J connectivity index is 0.00000196. The minimum atomic E-state index is -0.382. The van der Waals surface area contributed by atoms with Crippen molar-refractivity contribution in [3.8, 4) is 11.5 Å². The van der Waals surface area contributed by atoms with E-state index in [1.807, 2.05) is 18.2 Å². The van der Waals surface area contributed by atoms with Crippen LogP contribution in [0.1, 0.15) is 38.2 Å². The van der Waals surface area contributed by atoms with Crippen molar-refractivity contribution >= 4 is 36.4 Å². The molecule has 0 heterocycles. The summed E-state index contributed by atoms with van der Waals surface area (Å²) in [6.07, 6.45) is 4.20. The van der Waals surface area contributed by atoms with Crippen molar-refractivity contribution in [2.75, 3.05) is 6.54 Å². The number of para-hydroxylation sites is 1. The van der Waals surface area contributed by atoms with Crippen molar-refractivity contribution in [3.05, 3.63) is 58.9 Å². The van der Waals surface area contributed by atoms with Gasteiger partial charge in [0.15, 0.2) is 11.6 Å². The molecule has 2 N–H and O–H groups in total. The standard InChI is InChI=1S/C21H26ClFN2O.2ClH/c1-2-25(17-11-9-16(24)10-12-17)14-15-8-13-19(22)21(20(15)23)26-18-6-4-3-5-7-18;;/h3-8,13,16-17H,2,9-12,14,24H2,1H3;2*1H. The third kappa shape index (κ3) is 6.23. The topological polar surface area (TPSA) is 38.5 Å². The third-order valence-electron chi connectivity index (χ3n) is 5.13. The van der Waals surface area contributed by atoms with E-state index in [1.54, 1.807) is 24.3 Å². The predicted molar refractivity (Wildman–Crippen MR) is 119 cm³/mol. The number of nitrogens with two attached hydrogens (primary N) is 1. The lowest BCUT2D eigenvalue weighted by atomic mass is 9.90. The average Bonchev–Trinajstić information content (AvgIpc) is 2.66. The quantitative estimate of drug-likeness (QED) is 0.570. The molecule has 1 fully saturated rings. The maximum absolute atomic E-state index is 15.1. The van der Waals surface area contributed by atoms with Gasteiger partial charge in [-0.25, -0.2) is 4.39 Å². The average molecular weight is 450 g/mol. The Bertz CT molecular complexity index is 725. The molecule has 156 valence electrons. The Labute approximate surface area is 184 Å². The molecule has 0 aromatic heterocycles. The molecule has 0 radical (unpaired) electrons. The molecule has 0 saturated heterocycles. The highest BCUT2D eigenvalue weighted by Crippen LogP contribution is 2.35. The number of benzene rings is 2. The summed E-state index contributed by atoms with van der Waals surface area (Å²) in [6.45, 7) is 3.53. The highest BCUT2D eigenvalue weighted by atomic mass is 35.5. The van der Waals surface area contributed by atoms with Crippen LogP contribution in [0.25, 0.3) is 0 Å². The number of halogens is 4. The number of hydrogen-bond donors (Lipinski definition) is 1.